The number of benzene rings is 1. The third kappa shape index (κ3) is 2.50. The van der Waals surface area contributed by atoms with Gasteiger partial charge in [-0.05, 0) is 26.3 Å². The molecule has 0 atom stereocenters. The summed E-state index contributed by atoms with van der Waals surface area (Å²) in [5.41, 5.74) is 1.82. The van der Waals surface area contributed by atoms with Crippen LogP contribution in [0.2, 0.25) is 5.02 Å². The fourth-order valence-electron chi connectivity index (χ4n) is 1.60. The van der Waals surface area contributed by atoms with Crippen molar-refractivity contribution in [1.29, 1.82) is 0 Å². The summed E-state index contributed by atoms with van der Waals surface area (Å²) in [6, 6.07) is 5.63. The lowest BCUT2D eigenvalue weighted by Crippen LogP contribution is -2.41. The molecule has 1 N–H and O–H groups in total. The maximum absolute atomic E-state index is 9.34. The summed E-state index contributed by atoms with van der Waals surface area (Å²) in [7, 11) is 2.02. The van der Waals surface area contributed by atoms with Gasteiger partial charge in [-0.1, -0.05) is 30.7 Å². The van der Waals surface area contributed by atoms with E-state index in [2.05, 4.69) is 25.7 Å². The van der Waals surface area contributed by atoms with E-state index in [4.69, 9.17) is 11.6 Å². The van der Waals surface area contributed by atoms with Crippen LogP contribution in [0.25, 0.3) is 0 Å². The van der Waals surface area contributed by atoms with E-state index in [1.807, 2.05) is 25.2 Å². The quantitative estimate of drug-likeness (QED) is 0.873. The molecule has 1 aromatic carbocycles. The van der Waals surface area contributed by atoms with Crippen molar-refractivity contribution in [1.82, 2.24) is 0 Å². The fraction of sp³-hybridized carbons (Fsp3) is 0.538. The van der Waals surface area contributed by atoms with Crippen molar-refractivity contribution in [3.05, 3.63) is 28.8 Å². The molecule has 0 unspecified atom stereocenters. The molecule has 0 saturated carbocycles. The Morgan fingerprint density at radius 3 is 2.50 bits per heavy atom. The molecule has 0 fully saturated rings. The van der Waals surface area contributed by atoms with Crippen LogP contribution in [0.4, 0.5) is 5.69 Å². The maximum Gasteiger partial charge on any atom is 0.0702 e. The van der Waals surface area contributed by atoms with E-state index < -0.39 is 0 Å². The monoisotopic (exact) mass is 241 g/mol. The second-order valence-electron chi connectivity index (χ2n) is 4.63. The first-order valence-electron chi connectivity index (χ1n) is 5.56. The van der Waals surface area contributed by atoms with Gasteiger partial charge in [0.15, 0.2) is 0 Å². The van der Waals surface area contributed by atoms with E-state index in [9.17, 15) is 5.11 Å². The highest BCUT2D eigenvalue weighted by Crippen LogP contribution is 2.34. The molecular formula is C13H20ClNO. The number of nitrogens with zero attached hydrogens (tertiary/aromatic N) is 1. The smallest absolute Gasteiger partial charge is 0.0702 e. The van der Waals surface area contributed by atoms with E-state index >= 15 is 0 Å². The van der Waals surface area contributed by atoms with Gasteiger partial charge in [0.2, 0.25) is 0 Å². The molecule has 2 nitrogen and oxygen atoms in total. The number of anilines is 1. The summed E-state index contributed by atoms with van der Waals surface area (Å²) in [6.45, 7) is 6.49. The Labute approximate surface area is 103 Å². The summed E-state index contributed by atoms with van der Waals surface area (Å²) >= 11 is 6.21. The Morgan fingerprint density at radius 1 is 1.38 bits per heavy atom. The van der Waals surface area contributed by atoms with Gasteiger partial charge in [-0.25, -0.2) is 0 Å². The van der Waals surface area contributed by atoms with Crippen LogP contribution in [0.15, 0.2) is 18.2 Å². The molecule has 0 spiro atoms. The lowest BCUT2D eigenvalue weighted by molar-refractivity contribution is 0.281. The minimum Gasteiger partial charge on any atom is -0.392 e. The van der Waals surface area contributed by atoms with E-state index in [0.29, 0.717) is 5.02 Å². The average molecular weight is 242 g/mol. The topological polar surface area (TPSA) is 23.5 Å². The minimum absolute atomic E-state index is 0.0139. The van der Waals surface area contributed by atoms with E-state index in [-0.39, 0.29) is 12.1 Å². The Morgan fingerprint density at radius 2 is 2.00 bits per heavy atom. The lowest BCUT2D eigenvalue weighted by atomic mass is 9.98. The van der Waals surface area contributed by atoms with Gasteiger partial charge >= 0.3 is 0 Å². The van der Waals surface area contributed by atoms with Crippen LogP contribution in [0.1, 0.15) is 32.8 Å². The minimum atomic E-state index is 0.0139. The largest absolute Gasteiger partial charge is 0.392 e. The molecule has 0 aromatic heterocycles. The van der Waals surface area contributed by atoms with E-state index in [1.54, 1.807) is 0 Å². The molecule has 0 heterocycles. The van der Waals surface area contributed by atoms with Crippen molar-refractivity contribution in [3.63, 3.8) is 0 Å². The standard InChI is InChI=1S/C13H20ClNO/c1-5-13(2,3)15(4)12-10(9-16)7-6-8-11(12)14/h6-8,16H,5,9H2,1-4H3. The van der Waals surface area contributed by atoms with Crippen LogP contribution in [0.5, 0.6) is 0 Å². The molecule has 0 amide bonds. The Balaban J connectivity index is 3.21. The van der Waals surface area contributed by atoms with E-state index in [1.165, 1.54) is 0 Å². The van der Waals surface area contributed by atoms with E-state index in [0.717, 1.165) is 17.7 Å². The SMILES string of the molecule is CCC(C)(C)N(C)c1c(Cl)cccc1CO. The van der Waals surface area contributed by atoms with Crippen LogP contribution < -0.4 is 4.90 Å². The van der Waals surface area contributed by atoms with Crippen LogP contribution in [-0.4, -0.2) is 17.7 Å². The first-order chi connectivity index (χ1) is 7.44. The van der Waals surface area contributed by atoms with Crippen molar-refractivity contribution >= 4 is 17.3 Å². The van der Waals surface area contributed by atoms with Gasteiger partial charge in [-0.15, -0.1) is 0 Å². The Kier molecular flexibility index (Phi) is 4.22. The van der Waals surface area contributed by atoms with Gasteiger partial charge in [-0.3, -0.25) is 0 Å². The zero-order valence-electron chi connectivity index (χ0n) is 10.4. The third-order valence-electron chi connectivity index (χ3n) is 3.35. The number of rotatable bonds is 4. The second-order valence-corrected chi connectivity index (χ2v) is 5.04. The molecule has 0 aliphatic rings. The predicted octanol–water partition coefficient (Wildman–Crippen LogP) is 3.46. The van der Waals surface area contributed by atoms with Crippen molar-refractivity contribution in [3.8, 4) is 0 Å². The molecule has 90 valence electrons. The first kappa shape index (κ1) is 13.3. The number of hydrogen-bond donors (Lipinski definition) is 1. The van der Waals surface area contributed by atoms with Crippen LogP contribution in [0, 0.1) is 0 Å². The highest BCUT2D eigenvalue weighted by Gasteiger charge is 2.24. The second kappa shape index (κ2) is 5.07. The van der Waals surface area contributed by atoms with Gasteiger partial charge in [0.1, 0.15) is 0 Å². The van der Waals surface area contributed by atoms with Crippen molar-refractivity contribution in [2.75, 3.05) is 11.9 Å². The normalized spacial score (nSPS) is 11.6. The number of aliphatic hydroxyl groups is 1. The van der Waals surface area contributed by atoms with Crippen LogP contribution in [0.3, 0.4) is 0 Å². The van der Waals surface area contributed by atoms with Gasteiger partial charge in [0.25, 0.3) is 0 Å². The number of aliphatic hydroxyl groups excluding tert-OH is 1. The zero-order chi connectivity index (χ0) is 12.3. The summed E-state index contributed by atoms with van der Waals surface area (Å²) in [5.74, 6) is 0. The molecule has 0 aliphatic heterocycles. The fourth-order valence-corrected chi connectivity index (χ4v) is 1.92. The zero-order valence-corrected chi connectivity index (χ0v) is 11.2. The van der Waals surface area contributed by atoms with Gasteiger partial charge in [0, 0.05) is 18.2 Å². The van der Waals surface area contributed by atoms with Gasteiger partial charge < -0.3 is 10.0 Å². The molecule has 16 heavy (non-hydrogen) atoms. The number of halogens is 1. The molecule has 3 heteroatoms. The predicted molar refractivity (Wildman–Crippen MR) is 70.1 cm³/mol. The molecule has 0 aliphatic carbocycles. The summed E-state index contributed by atoms with van der Waals surface area (Å²) in [6.07, 6.45) is 1.01. The average Bonchev–Trinajstić information content (AvgIpc) is 2.27. The molecule has 0 radical (unpaired) electrons. The Bertz CT molecular complexity index is 363. The third-order valence-corrected chi connectivity index (χ3v) is 3.65. The molecule has 0 saturated heterocycles. The van der Waals surface area contributed by atoms with Gasteiger partial charge in [-0.2, -0.15) is 0 Å². The van der Waals surface area contributed by atoms with Crippen LogP contribution in [-0.2, 0) is 6.61 Å². The lowest BCUT2D eigenvalue weighted by Gasteiger charge is -2.38. The summed E-state index contributed by atoms with van der Waals surface area (Å²) < 4.78 is 0. The van der Waals surface area contributed by atoms with Crippen molar-refractivity contribution < 1.29 is 5.11 Å². The maximum atomic E-state index is 9.34. The first-order valence-corrected chi connectivity index (χ1v) is 5.94. The molecule has 1 rings (SSSR count). The summed E-state index contributed by atoms with van der Waals surface area (Å²) in [5, 5.41) is 10.0. The highest BCUT2D eigenvalue weighted by molar-refractivity contribution is 6.33. The number of hydrogen-bond acceptors (Lipinski definition) is 2. The number of para-hydroxylation sites is 1. The van der Waals surface area contributed by atoms with Crippen molar-refractivity contribution in [2.45, 2.75) is 39.3 Å². The highest BCUT2D eigenvalue weighted by atomic mass is 35.5. The van der Waals surface area contributed by atoms with Crippen LogP contribution >= 0.6 is 11.6 Å². The molecular weight excluding hydrogens is 222 g/mol. The Hall–Kier alpha value is -0.730. The molecule has 0 bridgehead atoms. The van der Waals surface area contributed by atoms with Gasteiger partial charge in [0.05, 0.1) is 17.3 Å². The molecule has 1 aromatic rings. The van der Waals surface area contributed by atoms with Crippen molar-refractivity contribution in [2.24, 2.45) is 0 Å². The summed E-state index contributed by atoms with van der Waals surface area (Å²) in [4.78, 5) is 2.14.